The van der Waals surface area contributed by atoms with E-state index in [1.807, 2.05) is 18.2 Å². The minimum atomic E-state index is -1.81. The van der Waals surface area contributed by atoms with Gasteiger partial charge in [0.15, 0.2) is 0 Å². The molecule has 2 unspecified atom stereocenters. The summed E-state index contributed by atoms with van der Waals surface area (Å²) in [6.07, 6.45) is -1.87. The van der Waals surface area contributed by atoms with E-state index in [-0.39, 0.29) is 18.0 Å². The number of hydrogen-bond donors (Lipinski definition) is 4. The van der Waals surface area contributed by atoms with E-state index in [1.165, 1.54) is 22.3 Å². The molecule has 0 spiro atoms. The van der Waals surface area contributed by atoms with Gasteiger partial charge < -0.3 is 34.6 Å². The predicted octanol–water partition coefficient (Wildman–Crippen LogP) is 5.70. The van der Waals surface area contributed by atoms with Crippen molar-refractivity contribution >= 4 is 12.3 Å². The van der Waals surface area contributed by atoms with Crippen molar-refractivity contribution in [1.82, 2.24) is 0 Å². The molecule has 2 atom stereocenters. The van der Waals surface area contributed by atoms with Gasteiger partial charge in [-0.3, -0.25) is 0 Å². The summed E-state index contributed by atoms with van der Waals surface area (Å²) in [5, 5.41) is 36.1. The first-order valence-corrected chi connectivity index (χ1v) is 13.5. The molecule has 3 aliphatic rings. The standard InChI is InChI=1S/C31H26O4.C2H2O5/c32-20-11-9-19(10-12-20)31(27-7-3-1-5-23(27)24-6-2-4-8-28(24)31)29-13-14-30(33)26(16-22-18-35-22)25(29)15-21-17-34-21;3-1(4)7-2(5)6/h1-14,21-22,32-33H,15-18H2;(H,3,4)(H,5,6). The molecule has 2 saturated heterocycles. The van der Waals surface area contributed by atoms with Crippen molar-refractivity contribution in [3.63, 3.8) is 0 Å². The zero-order valence-electron chi connectivity index (χ0n) is 22.4. The van der Waals surface area contributed by atoms with Crippen LogP contribution in [0.15, 0.2) is 84.9 Å². The third-order valence-corrected chi connectivity index (χ3v) is 7.91. The summed E-state index contributed by atoms with van der Waals surface area (Å²) in [7, 11) is 0. The molecule has 2 aliphatic heterocycles. The maximum atomic E-state index is 11.0. The third kappa shape index (κ3) is 5.04. The van der Waals surface area contributed by atoms with E-state index in [0.717, 1.165) is 41.9 Å². The zero-order chi connectivity index (χ0) is 29.4. The normalized spacial score (nSPS) is 18.6. The zero-order valence-corrected chi connectivity index (χ0v) is 22.4. The van der Waals surface area contributed by atoms with Crippen LogP contribution in [0.2, 0.25) is 0 Å². The lowest BCUT2D eigenvalue weighted by atomic mass is 9.65. The van der Waals surface area contributed by atoms with Crippen LogP contribution in [0.3, 0.4) is 0 Å². The molecule has 2 fully saturated rings. The first-order valence-electron chi connectivity index (χ1n) is 13.5. The highest BCUT2D eigenvalue weighted by molar-refractivity contribution is 5.86. The lowest BCUT2D eigenvalue weighted by Gasteiger charge is -2.36. The lowest BCUT2D eigenvalue weighted by Crippen LogP contribution is -2.31. The molecule has 0 bridgehead atoms. The van der Waals surface area contributed by atoms with E-state index < -0.39 is 17.7 Å². The molecular weight excluding hydrogens is 540 g/mol. The summed E-state index contributed by atoms with van der Waals surface area (Å²) in [5.41, 5.74) is 8.61. The monoisotopic (exact) mass is 568 g/mol. The number of carbonyl (C=O) groups is 2. The van der Waals surface area contributed by atoms with Crippen LogP contribution in [0.4, 0.5) is 9.59 Å². The number of rotatable bonds is 6. The molecule has 214 valence electrons. The number of ether oxygens (including phenoxy) is 3. The number of epoxide rings is 2. The van der Waals surface area contributed by atoms with Crippen molar-refractivity contribution in [3.05, 3.63) is 118 Å². The summed E-state index contributed by atoms with van der Waals surface area (Å²) in [4.78, 5) is 18.4. The number of benzene rings is 4. The number of carboxylic acid groups (broad SMARTS) is 2. The van der Waals surface area contributed by atoms with Crippen molar-refractivity contribution < 1.29 is 44.2 Å². The van der Waals surface area contributed by atoms with Crippen molar-refractivity contribution in [1.29, 1.82) is 0 Å². The summed E-state index contributed by atoms with van der Waals surface area (Å²) < 4.78 is 14.3. The average molecular weight is 569 g/mol. The first-order chi connectivity index (χ1) is 20.3. The van der Waals surface area contributed by atoms with Gasteiger partial charge >= 0.3 is 12.3 Å². The second kappa shape index (κ2) is 10.8. The summed E-state index contributed by atoms with van der Waals surface area (Å²) in [5.74, 6) is 0.563. The van der Waals surface area contributed by atoms with Crippen LogP contribution in [0.1, 0.15) is 33.4 Å². The van der Waals surface area contributed by atoms with Crippen LogP contribution < -0.4 is 0 Å². The molecule has 0 radical (unpaired) electrons. The largest absolute Gasteiger partial charge is 0.516 e. The fourth-order valence-electron chi connectivity index (χ4n) is 6.10. The van der Waals surface area contributed by atoms with Gasteiger partial charge in [0.05, 0.1) is 30.8 Å². The van der Waals surface area contributed by atoms with Gasteiger partial charge in [0, 0.05) is 18.4 Å². The Balaban J connectivity index is 0.000000405. The molecule has 4 N–H and O–H groups in total. The Kier molecular flexibility index (Phi) is 7.06. The average Bonchev–Trinajstić information content (AvgIpc) is 3.90. The molecule has 4 aromatic rings. The number of hydrogen-bond acceptors (Lipinski definition) is 7. The van der Waals surface area contributed by atoms with Gasteiger partial charge in [-0.1, -0.05) is 66.7 Å². The van der Waals surface area contributed by atoms with Crippen LogP contribution in [-0.4, -0.2) is 58.2 Å². The van der Waals surface area contributed by atoms with Crippen LogP contribution in [0.25, 0.3) is 11.1 Å². The molecule has 42 heavy (non-hydrogen) atoms. The molecule has 9 nitrogen and oxygen atoms in total. The lowest BCUT2D eigenvalue weighted by molar-refractivity contribution is 0.0801. The van der Waals surface area contributed by atoms with E-state index in [0.29, 0.717) is 12.2 Å². The first kappa shape index (κ1) is 27.3. The molecule has 0 saturated carbocycles. The SMILES string of the molecule is O=C(O)OC(=O)O.Oc1ccc(C2(c3ccc(O)c(CC4CO4)c3CC3CO3)c3ccccc3-c3ccccc32)cc1. The molecule has 7 rings (SSSR count). The Morgan fingerprint density at radius 1 is 0.690 bits per heavy atom. The highest BCUT2D eigenvalue weighted by Crippen LogP contribution is 2.57. The second-order valence-corrected chi connectivity index (χ2v) is 10.4. The molecular formula is C33H28O9. The number of phenols is 2. The number of fused-ring (bicyclic) bond motifs is 3. The van der Waals surface area contributed by atoms with Gasteiger partial charge in [-0.25, -0.2) is 9.59 Å². The Labute approximate surface area is 241 Å². The van der Waals surface area contributed by atoms with Gasteiger partial charge in [-0.05, 0) is 57.1 Å². The third-order valence-electron chi connectivity index (χ3n) is 7.91. The second-order valence-electron chi connectivity index (χ2n) is 10.4. The molecule has 9 heteroatoms. The molecule has 4 aromatic carbocycles. The van der Waals surface area contributed by atoms with Crippen LogP contribution in [0, 0.1) is 0 Å². The number of phenolic OH excluding ortho intramolecular Hbond substituents is 2. The summed E-state index contributed by atoms with van der Waals surface area (Å²) >= 11 is 0. The Bertz CT molecular complexity index is 1600. The Hall–Kier alpha value is -4.86. The Morgan fingerprint density at radius 2 is 1.19 bits per heavy atom. The maximum absolute atomic E-state index is 11.0. The van der Waals surface area contributed by atoms with Crippen molar-refractivity contribution in [2.45, 2.75) is 30.5 Å². The van der Waals surface area contributed by atoms with E-state index in [4.69, 9.17) is 19.7 Å². The fraction of sp³-hybridized carbons (Fsp3) is 0.212. The molecule has 2 heterocycles. The fourth-order valence-corrected chi connectivity index (χ4v) is 6.10. The molecule has 1 aliphatic carbocycles. The van der Waals surface area contributed by atoms with Crippen molar-refractivity contribution in [3.8, 4) is 22.6 Å². The predicted molar refractivity (Wildman–Crippen MR) is 151 cm³/mol. The van der Waals surface area contributed by atoms with Gasteiger partial charge in [0.2, 0.25) is 0 Å². The summed E-state index contributed by atoms with van der Waals surface area (Å²) in [6, 6.07) is 28.7. The topological polar surface area (TPSA) is 149 Å². The quantitative estimate of drug-likeness (QED) is 0.115. The van der Waals surface area contributed by atoms with E-state index in [9.17, 15) is 19.8 Å². The minimum absolute atomic E-state index is 0.155. The van der Waals surface area contributed by atoms with Gasteiger partial charge in [-0.15, -0.1) is 0 Å². The van der Waals surface area contributed by atoms with Gasteiger partial charge in [0.1, 0.15) is 11.5 Å². The van der Waals surface area contributed by atoms with E-state index in [1.54, 1.807) is 12.1 Å². The Morgan fingerprint density at radius 3 is 1.67 bits per heavy atom. The van der Waals surface area contributed by atoms with E-state index >= 15 is 0 Å². The van der Waals surface area contributed by atoms with Crippen molar-refractivity contribution in [2.24, 2.45) is 0 Å². The molecule has 0 aromatic heterocycles. The maximum Gasteiger partial charge on any atom is 0.516 e. The van der Waals surface area contributed by atoms with Crippen LogP contribution in [0.5, 0.6) is 11.5 Å². The van der Waals surface area contributed by atoms with Crippen LogP contribution >= 0.6 is 0 Å². The van der Waals surface area contributed by atoms with Crippen LogP contribution in [-0.2, 0) is 32.5 Å². The van der Waals surface area contributed by atoms with Gasteiger partial charge in [-0.2, -0.15) is 0 Å². The molecule has 0 amide bonds. The van der Waals surface area contributed by atoms with Gasteiger partial charge in [0.25, 0.3) is 0 Å². The number of aromatic hydroxyl groups is 2. The highest BCUT2D eigenvalue weighted by Gasteiger charge is 2.48. The minimum Gasteiger partial charge on any atom is -0.508 e. The highest BCUT2D eigenvalue weighted by atomic mass is 16.7. The summed E-state index contributed by atoms with van der Waals surface area (Å²) in [6.45, 7) is 1.48. The smallest absolute Gasteiger partial charge is 0.508 e. The van der Waals surface area contributed by atoms with E-state index in [2.05, 4.69) is 59.3 Å². The van der Waals surface area contributed by atoms with Crippen molar-refractivity contribution in [2.75, 3.05) is 13.2 Å².